The molecule has 3 rings (SSSR count). The third-order valence-corrected chi connectivity index (χ3v) is 4.71. The number of nitrogens with zero attached hydrogens (tertiary/aromatic N) is 3. The summed E-state index contributed by atoms with van der Waals surface area (Å²) in [4.78, 5) is 32.1. The molecule has 9 nitrogen and oxygen atoms in total. The van der Waals surface area contributed by atoms with Crippen molar-refractivity contribution in [2.45, 2.75) is 32.5 Å². The maximum atomic E-state index is 12.6. The van der Waals surface area contributed by atoms with E-state index in [1.165, 1.54) is 13.1 Å². The molecule has 1 heterocycles. The molecular formula is C23H22N4O5. The number of benzene rings is 2. The van der Waals surface area contributed by atoms with Crippen molar-refractivity contribution in [1.29, 1.82) is 5.26 Å². The molecule has 0 saturated carbocycles. The minimum absolute atomic E-state index is 0.0238. The molecule has 0 spiro atoms. The van der Waals surface area contributed by atoms with Crippen LogP contribution in [0.3, 0.4) is 0 Å². The molecule has 0 amide bonds. The van der Waals surface area contributed by atoms with E-state index in [1.54, 1.807) is 14.0 Å². The number of nitrogens with two attached hydrogens (primary N) is 1. The van der Waals surface area contributed by atoms with Crippen molar-refractivity contribution in [1.82, 2.24) is 9.97 Å². The normalized spacial score (nSPS) is 12.4. The Bertz CT molecular complexity index is 1200. The number of fused-ring (bicyclic) bond motifs is 1. The molecule has 2 aromatic carbocycles. The van der Waals surface area contributed by atoms with Gasteiger partial charge in [0.25, 0.3) is 0 Å². The number of carbonyl (C=O) groups is 2. The Hall–Kier alpha value is -4.19. The monoisotopic (exact) mass is 434 g/mol. The maximum absolute atomic E-state index is 12.6. The average Bonchev–Trinajstić information content (AvgIpc) is 2.77. The molecule has 2 atom stereocenters. The number of hydrogen-bond acceptors (Lipinski definition) is 9. The first-order valence-corrected chi connectivity index (χ1v) is 9.76. The summed E-state index contributed by atoms with van der Waals surface area (Å²) in [5, 5.41) is 11.1. The summed E-state index contributed by atoms with van der Waals surface area (Å²) in [6.07, 6.45) is -0.608. The smallest absolute Gasteiger partial charge is 0.310 e. The standard InChI is InChI=1S/C23H22N4O5/c1-13(22(32-14(2)28)20-12-26-23(25)19(11-24)27-20)31-21(29)9-15-4-5-17-10-18(30-3)7-6-16(17)8-15/h4-8,10,12-13,22H,9H2,1-3H3,(H2,25,26)/t13-,22-/m0/s1. The van der Waals surface area contributed by atoms with E-state index in [0.717, 1.165) is 22.1 Å². The third kappa shape index (κ3) is 5.29. The Labute approximate surface area is 184 Å². The van der Waals surface area contributed by atoms with E-state index < -0.39 is 24.1 Å². The summed E-state index contributed by atoms with van der Waals surface area (Å²) in [6.45, 7) is 2.80. The van der Waals surface area contributed by atoms with Crippen LogP contribution in [0.1, 0.15) is 36.9 Å². The highest BCUT2D eigenvalue weighted by molar-refractivity contribution is 5.85. The van der Waals surface area contributed by atoms with E-state index in [0.29, 0.717) is 0 Å². The SMILES string of the molecule is COc1ccc2cc(CC(=O)O[C@@H](C)[C@H](OC(C)=O)c3cnc(N)c(C#N)n3)ccc2c1. The Morgan fingerprint density at radius 1 is 1.16 bits per heavy atom. The highest BCUT2D eigenvalue weighted by Gasteiger charge is 2.28. The number of nitriles is 1. The summed E-state index contributed by atoms with van der Waals surface area (Å²) in [7, 11) is 1.60. The second kappa shape index (κ2) is 9.75. The van der Waals surface area contributed by atoms with Gasteiger partial charge in [0.05, 0.1) is 19.7 Å². The number of esters is 2. The lowest BCUT2D eigenvalue weighted by Gasteiger charge is -2.23. The molecule has 0 radical (unpaired) electrons. The van der Waals surface area contributed by atoms with Crippen LogP contribution < -0.4 is 10.5 Å². The summed E-state index contributed by atoms with van der Waals surface area (Å²) in [6, 6.07) is 13.1. The lowest BCUT2D eigenvalue weighted by molar-refractivity contribution is -0.165. The fourth-order valence-corrected chi connectivity index (χ4v) is 3.19. The van der Waals surface area contributed by atoms with Crippen molar-refractivity contribution in [2.24, 2.45) is 0 Å². The number of carbonyl (C=O) groups excluding carboxylic acids is 2. The van der Waals surface area contributed by atoms with Crippen molar-refractivity contribution in [3.63, 3.8) is 0 Å². The van der Waals surface area contributed by atoms with Crippen molar-refractivity contribution >= 4 is 28.5 Å². The molecule has 9 heteroatoms. The molecule has 164 valence electrons. The van der Waals surface area contributed by atoms with E-state index in [1.807, 2.05) is 42.5 Å². The van der Waals surface area contributed by atoms with Gasteiger partial charge in [-0.1, -0.05) is 24.3 Å². The molecule has 2 N–H and O–H groups in total. The second-order valence-corrected chi connectivity index (χ2v) is 7.09. The number of methoxy groups -OCH3 is 1. The van der Waals surface area contributed by atoms with E-state index in [4.69, 9.17) is 25.2 Å². The van der Waals surface area contributed by atoms with Crippen molar-refractivity contribution in [2.75, 3.05) is 12.8 Å². The van der Waals surface area contributed by atoms with Crippen molar-refractivity contribution in [3.8, 4) is 11.8 Å². The molecule has 1 aromatic heterocycles. The first-order valence-electron chi connectivity index (χ1n) is 9.76. The highest BCUT2D eigenvalue weighted by Crippen LogP contribution is 2.25. The zero-order chi connectivity index (χ0) is 23.3. The highest BCUT2D eigenvalue weighted by atomic mass is 16.6. The first kappa shape index (κ1) is 22.5. The number of hydrogen-bond donors (Lipinski definition) is 1. The van der Waals surface area contributed by atoms with Crippen LogP contribution >= 0.6 is 0 Å². The summed E-state index contributed by atoms with van der Waals surface area (Å²) in [5.74, 6) is -0.400. The van der Waals surface area contributed by atoms with Gasteiger partial charge in [0.2, 0.25) is 0 Å². The zero-order valence-corrected chi connectivity index (χ0v) is 17.9. The van der Waals surface area contributed by atoms with Gasteiger partial charge in [0, 0.05) is 6.92 Å². The Morgan fingerprint density at radius 3 is 2.56 bits per heavy atom. The lowest BCUT2D eigenvalue weighted by Crippen LogP contribution is -2.28. The zero-order valence-electron chi connectivity index (χ0n) is 17.9. The van der Waals surface area contributed by atoms with Crippen molar-refractivity contribution in [3.05, 3.63) is 59.5 Å². The molecule has 0 fully saturated rings. The summed E-state index contributed by atoms with van der Waals surface area (Å²) >= 11 is 0. The molecular weight excluding hydrogens is 412 g/mol. The summed E-state index contributed by atoms with van der Waals surface area (Å²) in [5.41, 5.74) is 6.42. The van der Waals surface area contributed by atoms with Gasteiger partial charge in [-0.15, -0.1) is 0 Å². The Kier molecular flexibility index (Phi) is 6.85. The fourth-order valence-electron chi connectivity index (χ4n) is 3.19. The maximum Gasteiger partial charge on any atom is 0.310 e. The van der Waals surface area contributed by atoms with Gasteiger partial charge < -0.3 is 19.9 Å². The molecule has 32 heavy (non-hydrogen) atoms. The summed E-state index contributed by atoms with van der Waals surface area (Å²) < 4.78 is 16.0. The number of ether oxygens (including phenoxy) is 3. The number of anilines is 1. The molecule has 0 aliphatic heterocycles. The fraction of sp³-hybridized carbons (Fsp3) is 0.261. The van der Waals surface area contributed by atoms with E-state index in [9.17, 15) is 9.59 Å². The molecule has 0 aliphatic rings. The molecule has 0 saturated heterocycles. The third-order valence-electron chi connectivity index (χ3n) is 4.71. The van der Waals surface area contributed by atoms with Crippen LogP contribution in [0.15, 0.2) is 42.6 Å². The number of aromatic nitrogens is 2. The quantitative estimate of drug-likeness (QED) is 0.556. The Morgan fingerprint density at radius 2 is 1.88 bits per heavy atom. The van der Waals surface area contributed by atoms with Gasteiger partial charge in [0.1, 0.15) is 23.6 Å². The van der Waals surface area contributed by atoms with Crippen LogP contribution in [0.2, 0.25) is 0 Å². The van der Waals surface area contributed by atoms with Crippen LogP contribution in [0.5, 0.6) is 5.75 Å². The van der Waals surface area contributed by atoms with Gasteiger partial charge in [-0.05, 0) is 35.4 Å². The van der Waals surface area contributed by atoms with Crippen molar-refractivity contribution < 1.29 is 23.8 Å². The van der Waals surface area contributed by atoms with Crippen LogP contribution in [-0.4, -0.2) is 35.1 Å². The van der Waals surface area contributed by atoms with Gasteiger partial charge in [-0.2, -0.15) is 5.26 Å². The van der Waals surface area contributed by atoms with Gasteiger partial charge in [0.15, 0.2) is 17.6 Å². The topological polar surface area (TPSA) is 137 Å². The van der Waals surface area contributed by atoms with Crippen LogP contribution in [0, 0.1) is 11.3 Å². The largest absolute Gasteiger partial charge is 0.497 e. The van der Waals surface area contributed by atoms with Crippen LogP contribution in [0.25, 0.3) is 10.8 Å². The molecule has 0 bridgehead atoms. The van der Waals surface area contributed by atoms with Gasteiger partial charge in [-0.3, -0.25) is 9.59 Å². The minimum atomic E-state index is -1.04. The van der Waals surface area contributed by atoms with E-state index in [2.05, 4.69) is 9.97 Å². The van der Waals surface area contributed by atoms with E-state index >= 15 is 0 Å². The number of rotatable bonds is 7. The van der Waals surface area contributed by atoms with Gasteiger partial charge >= 0.3 is 11.9 Å². The lowest BCUT2D eigenvalue weighted by atomic mass is 10.0. The van der Waals surface area contributed by atoms with Crippen LogP contribution in [0.4, 0.5) is 5.82 Å². The average molecular weight is 434 g/mol. The second-order valence-electron chi connectivity index (χ2n) is 7.09. The first-order chi connectivity index (χ1) is 15.3. The van der Waals surface area contributed by atoms with Gasteiger partial charge in [-0.25, -0.2) is 9.97 Å². The predicted octanol–water partition coefficient (Wildman–Crippen LogP) is 2.87. The minimum Gasteiger partial charge on any atom is -0.497 e. The number of nitrogen functional groups attached to an aromatic ring is 1. The van der Waals surface area contributed by atoms with Crippen LogP contribution in [-0.2, 0) is 25.5 Å². The molecule has 0 aliphatic carbocycles. The Balaban J connectivity index is 1.75. The molecule has 3 aromatic rings. The predicted molar refractivity (Wildman–Crippen MR) is 115 cm³/mol. The molecule has 0 unspecified atom stereocenters. The van der Waals surface area contributed by atoms with E-state index in [-0.39, 0.29) is 23.6 Å².